The van der Waals surface area contributed by atoms with Crippen molar-refractivity contribution in [2.75, 3.05) is 20.8 Å². The average Bonchev–Trinajstić information content (AvgIpc) is 3.56. The molecule has 0 bridgehead atoms. The van der Waals surface area contributed by atoms with Crippen LogP contribution in [-0.4, -0.2) is 36.3 Å². The molecule has 2 aromatic heterocycles. The van der Waals surface area contributed by atoms with Gasteiger partial charge in [-0.1, -0.05) is 22.9 Å². The molecule has 0 N–H and O–H groups in total. The molecule has 1 atom stereocenters. The summed E-state index contributed by atoms with van der Waals surface area (Å²) in [6.07, 6.45) is 1.56. The molecule has 5 rings (SSSR count). The number of fused-ring (bicyclic) bond motifs is 1. The first-order valence-corrected chi connectivity index (χ1v) is 13.8. The summed E-state index contributed by atoms with van der Waals surface area (Å²) in [7, 11) is 3.02. The van der Waals surface area contributed by atoms with Gasteiger partial charge in [0.1, 0.15) is 34.1 Å². The van der Waals surface area contributed by atoms with Gasteiger partial charge in [0.2, 0.25) is 0 Å². The molecule has 11 nitrogen and oxygen atoms in total. The Morgan fingerprint density at radius 3 is 2.67 bits per heavy atom. The highest BCUT2D eigenvalue weighted by Gasteiger charge is 2.35. The first-order valence-electron chi connectivity index (χ1n) is 12.6. The van der Waals surface area contributed by atoms with Crippen molar-refractivity contribution in [1.82, 2.24) is 4.57 Å². The number of carbonyl (C=O) groups excluding carboxylic acids is 1. The van der Waals surface area contributed by atoms with Crippen molar-refractivity contribution in [2.24, 2.45) is 4.99 Å². The van der Waals surface area contributed by atoms with Crippen LogP contribution in [0, 0.1) is 10.1 Å². The van der Waals surface area contributed by atoms with E-state index in [1.807, 2.05) is 0 Å². The maximum atomic E-state index is 13.9. The normalized spacial score (nSPS) is 14.8. The van der Waals surface area contributed by atoms with Crippen LogP contribution >= 0.6 is 22.9 Å². The van der Waals surface area contributed by atoms with Crippen LogP contribution in [0.5, 0.6) is 11.5 Å². The Labute approximate surface area is 247 Å². The second-order valence-corrected chi connectivity index (χ2v) is 10.5. The molecule has 0 fully saturated rings. The summed E-state index contributed by atoms with van der Waals surface area (Å²) in [5, 5.41) is 11.3. The van der Waals surface area contributed by atoms with E-state index in [9.17, 15) is 19.7 Å². The number of hydrogen-bond donors (Lipinski definition) is 0. The third-order valence-electron chi connectivity index (χ3n) is 6.58. The summed E-state index contributed by atoms with van der Waals surface area (Å²) in [5.74, 6) is 1.06. The van der Waals surface area contributed by atoms with Gasteiger partial charge in [-0.15, -0.1) is 0 Å². The molecule has 0 amide bonds. The minimum atomic E-state index is -0.884. The van der Waals surface area contributed by atoms with E-state index in [-0.39, 0.29) is 22.9 Å². The molecule has 0 saturated carbocycles. The van der Waals surface area contributed by atoms with Crippen LogP contribution in [0.1, 0.15) is 31.2 Å². The van der Waals surface area contributed by atoms with E-state index in [2.05, 4.69) is 4.99 Å². The van der Waals surface area contributed by atoms with Crippen LogP contribution in [0.3, 0.4) is 0 Å². The molecular weight excluding hydrogens is 586 g/mol. The second-order valence-electron chi connectivity index (χ2n) is 9.04. The minimum absolute atomic E-state index is 0.0113. The number of esters is 1. The number of hydrogen-bond acceptors (Lipinski definition) is 10. The predicted molar refractivity (Wildman–Crippen MR) is 156 cm³/mol. The van der Waals surface area contributed by atoms with E-state index in [0.717, 1.165) is 11.3 Å². The Morgan fingerprint density at radius 1 is 1.19 bits per heavy atom. The van der Waals surface area contributed by atoms with E-state index in [0.29, 0.717) is 49.2 Å². The largest absolute Gasteiger partial charge is 0.497 e. The summed E-state index contributed by atoms with van der Waals surface area (Å²) in [5.41, 5.74) is 0.970. The fourth-order valence-electron chi connectivity index (χ4n) is 4.65. The fraction of sp³-hybridized carbons (Fsp3) is 0.207. The molecule has 0 aliphatic carbocycles. The summed E-state index contributed by atoms with van der Waals surface area (Å²) in [6, 6.07) is 11.9. The monoisotopic (exact) mass is 609 g/mol. The third-order valence-corrected chi connectivity index (χ3v) is 7.88. The molecule has 0 spiro atoms. The molecule has 216 valence electrons. The predicted octanol–water partition coefficient (Wildman–Crippen LogP) is 4.64. The maximum Gasteiger partial charge on any atom is 0.338 e. The van der Waals surface area contributed by atoms with Gasteiger partial charge in [0, 0.05) is 29.3 Å². The number of benzene rings is 2. The fourth-order valence-corrected chi connectivity index (χ4v) is 5.86. The van der Waals surface area contributed by atoms with E-state index < -0.39 is 22.5 Å². The molecule has 13 heteroatoms. The van der Waals surface area contributed by atoms with Gasteiger partial charge >= 0.3 is 5.97 Å². The van der Waals surface area contributed by atoms with Gasteiger partial charge in [0.15, 0.2) is 4.80 Å². The zero-order valence-electron chi connectivity index (χ0n) is 22.9. The minimum Gasteiger partial charge on any atom is -0.497 e. The van der Waals surface area contributed by atoms with Crippen LogP contribution in [0.25, 0.3) is 17.4 Å². The molecule has 1 aliphatic heterocycles. The van der Waals surface area contributed by atoms with Gasteiger partial charge in [-0.05, 0) is 50.2 Å². The average molecular weight is 610 g/mol. The number of allylic oxidation sites excluding steroid dienone is 1. The Kier molecular flexibility index (Phi) is 8.01. The topological polar surface area (TPSA) is 135 Å². The highest BCUT2D eigenvalue weighted by molar-refractivity contribution is 7.07. The third kappa shape index (κ3) is 5.21. The number of nitrogens with zero attached hydrogens (tertiary/aromatic N) is 3. The van der Waals surface area contributed by atoms with Gasteiger partial charge in [-0.25, -0.2) is 9.79 Å². The highest BCUT2D eigenvalue weighted by Crippen LogP contribution is 2.38. The lowest BCUT2D eigenvalue weighted by Crippen LogP contribution is -2.40. The number of furan rings is 1. The number of nitro groups is 1. The summed E-state index contributed by atoms with van der Waals surface area (Å²) < 4.78 is 23.9. The van der Waals surface area contributed by atoms with Crippen molar-refractivity contribution in [3.8, 4) is 22.8 Å². The van der Waals surface area contributed by atoms with Gasteiger partial charge < -0.3 is 18.6 Å². The van der Waals surface area contributed by atoms with E-state index in [4.69, 9.17) is 30.2 Å². The van der Waals surface area contributed by atoms with Crippen LogP contribution < -0.4 is 24.4 Å². The Bertz CT molecular complexity index is 1940. The lowest BCUT2D eigenvalue weighted by Gasteiger charge is -2.26. The number of methoxy groups -OCH3 is 2. The van der Waals surface area contributed by atoms with Crippen LogP contribution in [0.2, 0.25) is 5.02 Å². The molecule has 1 aliphatic rings. The van der Waals surface area contributed by atoms with Gasteiger partial charge in [-0.3, -0.25) is 19.5 Å². The Morgan fingerprint density at radius 2 is 1.98 bits per heavy atom. The molecule has 0 radical (unpaired) electrons. The van der Waals surface area contributed by atoms with Crippen molar-refractivity contribution in [3.63, 3.8) is 0 Å². The SMILES string of the molecule is CCOC(=O)C1=C(C)N=c2s/c(=C\c3ccc(-c4ccc(Cl)c([N+](=O)[O-])c4)o3)c(=O)n2[C@H]1c1ccc(OC)cc1OC. The smallest absolute Gasteiger partial charge is 0.338 e. The van der Waals surface area contributed by atoms with Crippen molar-refractivity contribution in [2.45, 2.75) is 19.9 Å². The number of ether oxygens (including phenoxy) is 3. The Hall–Kier alpha value is -4.68. The zero-order valence-corrected chi connectivity index (χ0v) is 24.4. The van der Waals surface area contributed by atoms with Gasteiger partial charge in [0.25, 0.3) is 11.2 Å². The van der Waals surface area contributed by atoms with E-state index >= 15 is 0 Å². The Balaban J connectivity index is 1.65. The van der Waals surface area contributed by atoms with Crippen LogP contribution in [-0.2, 0) is 9.53 Å². The summed E-state index contributed by atoms with van der Waals surface area (Å²) >= 11 is 7.07. The highest BCUT2D eigenvalue weighted by atomic mass is 35.5. The summed E-state index contributed by atoms with van der Waals surface area (Å²) in [4.78, 5) is 42.8. The molecule has 3 heterocycles. The lowest BCUT2D eigenvalue weighted by atomic mass is 9.95. The standard InChI is InChI=1S/C29H24ClN3O8S/c1-5-40-28(35)25-15(2)31-29-32(26(25)19-9-7-17(38-3)13-23(19)39-4)27(34)24(42-29)14-18-8-11-22(41-18)16-6-10-20(30)21(12-16)33(36)37/h6-14,26H,5H2,1-4H3/b24-14-/t26-/m0/s1. The number of halogens is 1. The number of nitro benzene ring substituents is 1. The molecule has 0 unspecified atom stereocenters. The first-order chi connectivity index (χ1) is 20.2. The van der Waals surface area contributed by atoms with Gasteiger partial charge in [-0.2, -0.15) is 0 Å². The second kappa shape index (κ2) is 11.7. The van der Waals surface area contributed by atoms with Crippen LogP contribution in [0.15, 0.2) is 74.0 Å². The van der Waals surface area contributed by atoms with Gasteiger partial charge in [0.05, 0.1) is 41.6 Å². The van der Waals surface area contributed by atoms with Crippen molar-refractivity contribution < 1.29 is 28.3 Å². The maximum absolute atomic E-state index is 13.9. The van der Waals surface area contributed by atoms with Crippen molar-refractivity contribution >= 4 is 40.7 Å². The van der Waals surface area contributed by atoms with Crippen LogP contribution in [0.4, 0.5) is 5.69 Å². The molecular formula is C29H24ClN3O8S. The number of rotatable bonds is 8. The molecule has 0 saturated heterocycles. The lowest BCUT2D eigenvalue weighted by molar-refractivity contribution is -0.384. The molecule has 2 aromatic carbocycles. The quantitative estimate of drug-likeness (QED) is 0.160. The number of thiazole rings is 1. The van der Waals surface area contributed by atoms with E-state index in [1.165, 1.54) is 30.9 Å². The molecule has 42 heavy (non-hydrogen) atoms. The first kappa shape index (κ1) is 28.8. The zero-order chi connectivity index (χ0) is 30.1. The van der Waals surface area contributed by atoms with E-state index in [1.54, 1.807) is 56.3 Å². The molecule has 4 aromatic rings. The number of aromatic nitrogens is 1. The van der Waals surface area contributed by atoms with Crippen molar-refractivity contribution in [3.05, 3.63) is 106 Å². The van der Waals surface area contributed by atoms with Crippen molar-refractivity contribution in [1.29, 1.82) is 0 Å². The summed E-state index contributed by atoms with van der Waals surface area (Å²) in [6.45, 7) is 3.53. The number of carbonyl (C=O) groups is 1.